The minimum absolute atomic E-state index is 0.205. The lowest BCUT2D eigenvalue weighted by Gasteiger charge is -2.32. The SMILES string of the molecule is CC1CN(c2nc(NN)nc3ccccc23)CCO1. The van der Waals surface area contributed by atoms with Crippen molar-refractivity contribution >= 4 is 22.7 Å². The number of nitrogen functional groups attached to an aromatic ring is 1. The quantitative estimate of drug-likeness (QED) is 0.622. The van der Waals surface area contributed by atoms with Crippen molar-refractivity contribution < 1.29 is 4.74 Å². The van der Waals surface area contributed by atoms with Gasteiger partial charge in [0.05, 0.1) is 18.2 Å². The van der Waals surface area contributed by atoms with E-state index in [0.29, 0.717) is 12.6 Å². The summed E-state index contributed by atoms with van der Waals surface area (Å²) in [4.78, 5) is 11.1. The van der Waals surface area contributed by atoms with Crippen molar-refractivity contribution in [3.8, 4) is 0 Å². The van der Waals surface area contributed by atoms with Crippen LogP contribution >= 0.6 is 0 Å². The summed E-state index contributed by atoms with van der Waals surface area (Å²) in [6.07, 6.45) is 0.205. The predicted octanol–water partition coefficient (Wildman–Crippen LogP) is 1.14. The number of ether oxygens (including phenoxy) is 1. The van der Waals surface area contributed by atoms with Crippen LogP contribution in [-0.2, 0) is 4.74 Å². The molecule has 1 saturated heterocycles. The van der Waals surface area contributed by atoms with E-state index in [9.17, 15) is 0 Å². The molecule has 1 aromatic carbocycles. The van der Waals surface area contributed by atoms with Gasteiger partial charge < -0.3 is 9.64 Å². The second-order valence-electron chi connectivity index (χ2n) is 4.66. The monoisotopic (exact) mass is 259 g/mol. The number of para-hydroxylation sites is 1. The molecule has 1 fully saturated rings. The summed E-state index contributed by atoms with van der Waals surface area (Å²) in [6, 6.07) is 7.95. The number of nitrogens with two attached hydrogens (primary N) is 1. The Balaban J connectivity index is 2.10. The summed E-state index contributed by atoms with van der Waals surface area (Å²) in [6.45, 7) is 4.43. The molecule has 1 atom stereocenters. The second-order valence-corrected chi connectivity index (χ2v) is 4.66. The fourth-order valence-electron chi connectivity index (χ4n) is 2.38. The van der Waals surface area contributed by atoms with Crippen molar-refractivity contribution in [2.24, 2.45) is 5.84 Å². The fraction of sp³-hybridized carbons (Fsp3) is 0.385. The first-order valence-corrected chi connectivity index (χ1v) is 6.38. The van der Waals surface area contributed by atoms with Crippen molar-refractivity contribution in [3.05, 3.63) is 24.3 Å². The molecule has 1 aliphatic heterocycles. The van der Waals surface area contributed by atoms with E-state index in [0.717, 1.165) is 29.8 Å². The van der Waals surface area contributed by atoms with Gasteiger partial charge in [-0.3, -0.25) is 5.43 Å². The van der Waals surface area contributed by atoms with Gasteiger partial charge in [-0.1, -0.05) is 12.1 Å². The summed E-state index contributed by atoms with van der Waals surface area (Å²) >= 11 is 0. The zero-order chi connectivity index (χ0) is 13.2. The molecule has 2 aromatic rings. The van der Waals surface area contributed by atoms with E-state index in [4.69, 9.17) is 10.6 Å². The highest BCUT2D eigenvalue weighted by Gasteiger charge is 2.20. The molecule has 1 aliphatic rings. The third-order valence-corrected chi connectivity index (χ3v) is 3.25. The molecule has 3 rings (SSSR count). The Morgan fingerprint density at radius 1 is 1.37 bits per heavy atom. The van der Waals surface area contributed by atoms with Crippen molar-refractivity contribution in [1.29, 1.82) is 0 Å². The van der Waals surface area contributed by atoms with Crippen LogP contribution in [0.4, 0.5) is 11.8 Å². The molecule has 3 N–H and O–H groups in total. The van der Waals surface area contributed by atoms with E-state index in [2.05, 4.69) is 27.2 Å². The summed E-state index contributed by atoms with van der Waals surface area (Å²) < 4.78 is 5.57. The van der Waals surface area contributed by atoms with E-state index < -0.39 is 0 Å². The van der Waals surface area contributed by atoms with E-state index >= 15 is 0 Å². The number of hydrogen-bond donors (Lipinski definition) is 2. The first-order chi connectivity index (χ1) is 9.28. The molecule has 1 aromatic heterocycles. The van der Waals surface area contributed by atoms with Gasteiger partial charge in [0.1, 0.15) is 5.82 Å². The van der Waals surface area contributed by atoms with Gasteiger partial charge in [-0.05, 0) is 19.1 Å². The van der Waals surface area contributed by atoms with Gasteiger partial charge in [-0.15, -0.1) is 0 Å². The van der Waals surface area contributed by atoms with Gasteiger partial charge in [-0.25, -0.2) is 10.8 Å². The number of hydrogen-bond acceptors (Lipinski definition) is 6. The number of nitrogens with one attached hydrogen (secondary N) is 1. The zero-order valence-corrected chi connectivity index (χ0v) is 10.8. The largest absolute Gasteiger partial charge is 0.375 e. The average Bonchev–Trinajstić information content (AvgIpc) is 2.46. The summed E-state index contributed by atoms with van der Waals surface area (Å²) in [5.41, 5.74) is 3.42. The Labute approximate surface area is 111 Å². The van der Waals surface area contributed by atoms with Gasteiger partial charge in [0.15, 0.2) is 0 Å². The lowest BCUT2D eigenvalue weighted by Crippen LogP contribution is -2.41. The lowest BCUT2D eigenvalue weighted by atomic mass is 10.2. The number of rotatable bonds is 2. The van der Waals surface area contributed by atoms with Gasteiger partial charge in [0.25, 0.3) is 0 Å². The molecular weight excluding hydrogens is 242 g/mol. The first kappa shape index (κ1) is 12.1. The summed E-state index contributed by atoms with van der Waals surface area (Å²) in [5, 5.41) is 1.04. The maximum atomic E-state index is 5.57. The zero-order valence-electron chi connectivity index (χ0n) is 10.8. The number of hydrazine groups is 1. The maximum absolute atomic E-state index is 5.57. The van der Waals surface area contributed by atoms with Gasteiger partial charge in [0.2, 0.25) is 5.95 Å². The van der Waals surface area contributed by atoms with E-state index in [1.807, 2.05) is 24.3 Å². The van der Waals surface area contributed by atoms with Crippen LogP contribution in [-0.4, -0.2) is 35.8 Å². The smallest absolute Gasteiger partial charge is 0.239 e. The molecule has 6 nitrogen and oxygen atoms in total. The van der Waals surface area contributed by atoms with Crippen LogP contribution in [0.25, 0.3) is 10.9 Å². The van der Waals surface area contributed by atoms with Crippen molar-refractivity contribution in [2.45, 2.75) is 13.0 Å². The van der Waals surface area contributed by atoms with Crippen molar-refractivity contribution in [2.75, 3.05) is 30.0 Å². The van der Waals surface area contributed by atoms with Gasteiger partial charge in [0, 0.05) is 18.5 Å². The maximum Gasteiger partial charge on any atom is 0.239 e. The fourth-order valence-corrected chi connectivity index (χ4v) is 2.38. The average molecular weight is 259 g/mol. The molecule has 19 heavy (non-hydrogen) atoms. The van der Waals surface area contributed by atoms with Crippen molar-refractivity contribution in [3.63, 3.8) is 0 Å². The van der Waals surface area contributed by atoms with Crippen molar-refractivity contribution in [1.82, 2.24) is 9.97 Å². The molecule has 0 aliphatic carbocycles. The summed E-state index contributed by atoms with van der Waals surface area (Å²) in [7, 11) is 0. The van der Waals surface area contributed by atoms with E-state index in [1.165, 1.54) is 0 Å². The molecule has 0 saturated carbocycles. The molecule has 0 radical (unpaired) electrons. The van der Waals surface area contributed by atoms with Crippen LogP contribution in [0.3, 0.4) is 0 Å². The number of benzene rings is 1. The number of fused-ring (bicyclic) bond motifs is 1. The Bertz CT molecular complexity index is 588. The van der Waals surface area contributed by atoms with Crippen LogP contribution in [0.1, 0.15) is 6.92 Å². The highest BCUT2D eigenvalue weighted by atomic mass is 16.5. The second kappa shape index (κ2) is 4.99. The Morgan fingerprint density at radius 2 is 2.21 bits per heavy atom. The third kappa shape index (κ3) is 2.32. The molecule has 2 heterocycles. The molecular formula is C13H17N5O. The van der Waals surface area contributed by atoms with E-state index in [-0.39, 0.29) is 6.10 Å². The molecule has 1 unspecified atom stereocenters. The molecule has 0 spiro atoms. The van der Waals surface area contributed by atoms with Crippen LogP contribution in [0.5, 0.6) is 0 Å². The Hall–Kier alpha value is -1.92. The van der Waals surface area contributed by atoms with Gasteiger partial charge >= 0.3 is 0 Å². The number of anilines is 2. The highest BCUT2D eigenvalue weighted by Crippen LogP contribution is 2.26. The molecule has 100 valence electrons. The highest BCUT2D eigenvalue weighted by molar-refractivity contribution is 5.90. The predicted molar refractivity (Wildman–Crippen MR) is 75.0 cm³/mol. The van der Waals surface area contributed by atoms with Crippen LogP contribution < -0.4 is 16.2 Å². The third-order valence-electron chi connectivity index (χ3n) is 3.25. The van der Waals surface area contributed by atoms with Crippen LogP contribution in [0.15, 0.2) is 24.3 Å². The lowest BCUT2D eigenvalue weighted by molar-refractivity contribution is 0.0530. The Morgan fingerprint density at radius 3 is 3.00 bits per heavy atom. The standard InChI is InChI=1S/C13H17N5O/c1-9-8-18(6-7-19-9)12-10-4-2-3-5-11(10)15-13(16-12)17-14/h2-5,9H,6-8,14H2,1H3,(H,15,16,17). The number of morpholine rings is 1. The normalized spacial score (nSPS) is 19.7. The van der Waals surface area contributed by atoms with Crippen LogP contribution in [0.2, 0.25) is 0 Å². The number of aromatic nitrogens is 2. The molecule has 6 heteroatoms. The van der Waals surface area contributed by atoms with Gasteiger partial charge in [-0.2, -0.15) is 4.98 Å². The number of nitrogens with zero attached hydrogens (tertiary/aromatic N) is 3. The minimum atomic E-state index is 0.205. The summed E-state index contributed by atoms with van der Waals surface area (Å²) in [5.74, 6) is 6.80. The molecule has 0 bridgehead atoms. The van der Waals surface area contributed by atoms with Crippen LogP contribution in [0, 0.1) is 0 Å². The molecule has 0 amide bonds. The first-order valence-electron chi connectivity index (χ1n) is 6.38. The minimum Gasteiger partial charge on any atom is -0.375 e. The van der Waals surface area contributed by atoms with E-state index in [1.54, 1.807) is 0 Å². The topological polar surface area (TPSA) is 76.3 Å². The Kier molecular flexibility index (Phi) is 3.18.